The molecule has 0 aliphatic rings. The van der Waals surface area contributed by atoms with Crippen molar-refractivity contribution < 1.29 is 13.6 Å². The van der Waals surface area contributed by atoms with Crippen LogP contribution < -0.4 is 4.90 Å². The summed E-state index contributed by atoms with van der Waals surface area (Å²) in [6.45, 7) is 0.914. The van der Waals surface area contributed by atoms with Crippen LogP contribution >= 0.6 is 39.7 Å². The number of benzene rings is 2. The number of amides is 1. The largest absolute Gasteiger partial charge is 0.308 e. The lowest BCUT2D eigenvalue weighted by atomic mass is 10.2. The van der Waals surface area contributed by atoms with Crippen LogP contribution in [0, 0.1) is 11.6 Å². The van der Waals surface area contributed by atoms with Gasteiger partial charge in [0.25, 0.3) is 5.91 Å². The molecule has 3 rings (SSSR count). The molecular weight excluding hydrogens is 460 g/mol. The highest BCUT2D eigenvalue weighted by Gasteiger charge is 2.24. The van der Waals surface area contributed by atoms with Gasteiger partial charge < -0.3 is 4.90 Å². The monoisotopic (exact) mass is 475 g/mol. The second-order valence-electron chi connectivity index (χ2n) is 5.99. The number of fused-ring (bicyclic) bond motifs is 1. The summed E-state index contributed by atoms with van der Waals surface area (Å²) in [4.78, 5) is 20.8. The average molecular weight is 477 g/mol. The quantitative estimate of drug-likeness (QED) is 0.522. The number of carbonyl (C=O) groups is 1. The zero-order valence-electron chi connectivity index (χ0n) is 14.6. The maximum absolute atomic E-state index is 14.1. The van der Waals surface area contributed by atoms with Crippen LogP contribution in [-0.4, -0.2) is 43.0 Å². The number of halogens is 4. The Labute approximate surface area is 174 Å². The Kier molecular flexibility index (Phi) is 7.27. The highest BCUT2D eigenvalue weighted by Crippen LogP contribution is 2.31. The molecule has 1 amide bonds. The van der Waals surface area contributed by atoms with Gasteiger partial charge in [0.05, 0.1) is 15.8 Å². The lowest BCUT2D eigenvalue weighted by molar-refractivity contribution is 0.0981. The summed E-state index contributed by atoms with van der Waals surface area (Å²) in [5.74, 6) is -2.14. The number of thiazole rings is 1. The summed E-state index contributed by atoms with van der Waals surface area (Å²) in [5, 5.41) is 0.480. The molecule has 0 fully saturated rings. The van der Waals surface area contributed by atoms with Crippen LogP contribution in [0.15, 0.2) is 40.9 Å². The van der Waals surface area contributed by atoms with Gasteiger partial charge in [0.15, 0.2) is 5.13 Å². The Balaban J connectivity index is 0.00000261. The van der Waals surface area contributed by atoms with Crippen molar-refractivity contribution in [3.63, 3.8) is 0 Å². The molecule has 0 spiro atoms. The fraction of sp³-hybridized carbons (Fsp3) is 0.222. The number of hydrogen-bond acceptors (Lipinski definition) is 4. The van der Waals surface area contributed by atoms with Crippen molar-refractivity contribution in [3.05, 3.63) is 58.1 Å². The molecule has 4 nitrogen and oxygen atoms in total. The molecule has 0 N–H and O–H groups in total. The van der Waals surface area contributed by atoms with Gasteiger partial charge in [0.2, 0.25) is 0 Å². The van der Waals surface area contributed by atoms with Crippen molar-refractivity contribution >= 4 is 60.9 Å². The molecule has 0 aliphatic carbocycles. The first kappa shape index (κ1) is 21.7. The lowest BCUT2D eigenvalue weighted by Crippen LogP contribution is -2.37. The van der Waals surface area contributed by atoms with E-state index in [2.05, 4.69) is 20.9 Å². The molecule has 27 heavy (non-hydrogen) atoms. The molecule has 2 aromatic carbocycles. The zero-order chi connectivity index (χ0) is 18.8. The van der Waals surface area contributed by atoms with Crippen molar-refractivity contribution in [3.8, 4) is 0 Å². The van der Waals surface area contributed by atoms with Gasteiger partial charge in [-0.25, -0.2) is 13.8 Å². The van der Waals surface area contributed by atoms with Crippen molar-refractivity contribution in [2.75, 3.05) is 32.1 Å². The first-order chi connectivity index (χ1) is 12.3. The van der Waals surface area contributed by atoms with Crippen LogP contribution in [0.4, 0.5) is 13.9 Å². The van der Waals surface area contributed by atoms with Gasteiger partial charge >= 0.3 is 0 Å². The Bertz CT molecular complexity index is 967. The lowest BCUT2D eigenvalue weighted by Gasteiger charge is -2.22. The second kappa shape index (κ2) is 9.05. The van der Waals surface area contributed by atoms with Crippen molar-refractivity contribution in [1.82, 2.24) is 9.88 Å². The van der Waals surface area contributed by atoms with E-state index in [4.69, 9.17) is 0 Å². The molecule has 0 saturated carbocycles. The average Bonchev–Trinajstić information content (AvgIpc) is 2.97. The fourth-order valence-corrected chi connectivity index (χ4v) is 3.94. The molecule has 9 heteroatoms. The van der Waals surface area contributed by atoms with E-state index in [0.717, 1.165) is 20.8 Å². The van der Waals surface area contributed by atoms with E-state index < -0.39 is 17.5 Å². The van der Waals surface area contributed by atoms with Crippen molar-refractivity contribution in [2.24, 2.45) is 0 Å². The molecule has 0 aliphatic heterocycles. The van der Waals surface area contributed by atoms with Crippen molar-refractivity contribution in [2.45, 2.75) is 0 Å². The van der Waals surface area contributed by atoms with Gasteiger partial charge in [-0.3, -0.25) is 9.69 Å². The molecule has 144 valence electrons. The van der Waals surface area contributed by atoms with Crippen molar-refractivity contribution in [1.29, 1.82) is 0 Å². The smallest absolute Gasteiger partial charge is 0.263 e. The minimum atomic E-state index is -0.881. The Morgan fingerprint density at radius 3 is 2.56 bits per heavy atom. The zero-order valence-corrected chi connectivity index (χ0v) is 17.8. The summed E-state index contributed by atoms with van der Waals surface area (Å²) < 4.78 is 29.1. The normalized spacial score (nSPS) is 10.9. The summed E-state index contributed by atoms with van der Waals surface area (Å²) >= 11 is 4.77. The Morgan fingerprint density at radius 1 is 1.15 bits per heavy atom. The van der Waals surface area contributed by atoms with Crippen LogP contribution in [0.2, 0.25) is 0 Å². The first-order valence-electron chi connectivity index (χ1n) is 7.83. The summed E-state index contributed by atoms with van der Waals surface area (Å²) in [6, 6.07) is 8.61. The van der Waals surface area contributed by atoms with Crippen LogP contribution in [-0.2, 0) is 0 Å². The third-order valence-corrected chi connectivity index (χ3v) is 5.28. The third kappa shape index (κ3) is 5.01. The molecule has 0 atom stereocenters. The molecule has 0 saturated heterocycles. The van der Waals surface area contributed by atoms with Gasteiger partial charge in [-0.15, -0.1) is 12.4 Å². The van der Waals surface area contributed by atoms with E-state index >= 15 is 0 Å². The Hall–Kier alpha value is -1.61. The van der Waals surface area contributed by atoms with E-state index in [1.54, 1.807) is 0 Å². The number of likely N-dealkylation sites (N-methyl/N-ethyl adjacent to an activating group) is 1. The van der Waals surface area contributed by atoms with Crippen LogP contribution in [0.5, 0.6) is 0 Å². The molecule has 0 unspecified atom stereocenters. The molecule has 0 bridgehead atoms. The van der Waals surface area contributed by atoms with Gasteiger partial charge in [-0.05, 0) is 44.4 Å². The number of nitrogens with zero attached hydrogens (tertiary/aromatic N) is 3. The van der Waals surface area contributed by atoms with E-state index in [1.807, 2.05) is 37.2 Å². The minimum Gasteiger partial charge on any atom is -0.308 e. The first-order valence-corrected chi connectivity index (χ1v) is 9.44. The predicted octanol–water partition coefficient (Wildman–Crippen LogP) is 4.97. The number of carbonyl (C=O) groups excluding carboxylic acids is 1. The van der Waals surface area contributed by atoms with E-state index in [0.29, 0.717) is 24.3 Å². The number of rotatable bonds is 5. The van der Waals surface area contributed by atoms with Gasteiger partial charge in [-0.2, -0.15) is 0 Å². The van der Waals surface area contributed by atoms with E-state index in [9.17, 15) is 13.6 Å². The molecule has 1 heterocycles. The summed E-state index contributed by atoms with van der Waals surface area (Å²) in [6.07, 6.45) is 0. The van der Waals surface area contributed by atoms with Gasteiger partial charge in [0.1, 0.15) is 11.6 Å². The standard InChI is InChI=1S/C18H16BrF2N3OS.ClH/c1-23(2)7-8-24(17(25)13-5-4-12(20)10-14(13)21)18-22-15-6-3-11(19)9-16(15)26-18;/h3-6,9-10H,7-8H2,1-2H3;1H. The number of aromatic nitrogens is 1. The highest BCUT2D eigenvalue weighted by molar-refractivity contribution is 9.10. The van der Waals surface area contributed by atoms with Crippen LogP contribution in [0.3, 0.4) is 0 Å². The predicted molar refractivity (Wildman–Crippen MR) is 111 cm³/mol. The topological polar surface area (TPSA) is 36.4 Å². The molecule has 0 radical (unpaired) electrons. The molecule has 3 aromatic rings. The minimum absolute atomic E-state index is 0. The van der Waals surface area contributed by atoms with Gasteiger partial charge in [0, 0.05) is 23.6 Å². The Morgan fingerprint density at radius 2 is 1.89 bits per heavy atom. The maximum atomic E-state index is 14.1. The SMILES string of the molecule is CN(C)CCN(C(=O)c1ccc(F)cc1F)c1nc2ccc(Br)cc2s1.Cl. The molecule has 1 aromatic heterocycles. The fourth-order valence-electron chi connectivity index (χ4n) is 2.39. The summed E-state index contributed by atoms with van der Waals surface area (Å²) in [5.41, 5.74) is 0.584. The second-order valence-corrected chi connectivity index (χ2v) is 7.92. The van der Waals surface area contributed by atoms with Crippen LogP contribution in [0.25, 0.3) is 10.2 Å². The third-order valence-electron chi connectivity index (χ3n) is 3.75. The number of anilines is 1. The summed E-state index contributed by atoms with van der Waals surface area (Å²) in [7, 11) is 3.77. The number of hydrogen-bond donors (Lipinski definition) is 0. The maximum Gasteiger partial charge on any atom is 0.263 e. The highest BCUT2D eigenvalue weighted by atomic mass is 79.9. The van der Waals surface area contributed by atoms with E-state index in [-0.39, 0.29) is 18.0 Å². The van der Waals surface area contributed by atoms with Gasteiger partial charge in [-0.1, -0.05) is 27.3 Å². The van der Waals surface area contributed by atoms with E-state index in [1.165, 1.54) is 22.3 Å². The molecular formula is C18H17BrClF2N3OS. The van der Waals surface area contributed by atoms with Crippen LogP contribution in [0.1, 0.15) is 10.4 Å².